The van der Waals surface area contributed by atoms with Gasteiger partial charge in [-0.15, -0.1) is 0 Å². The molecule has 0 unspecified atom stereocenters. The van der Waals surface area contributed by atoms with Gasteiger partial charge in [0.1, 0.15) is 5.82 Å². The minimum Gasteiger partial charge on any atom is -0.356 e. The first kappa shape index (κ1) is 21.0. The van der Waals surface area contributed by atoms with E-state index < -0.39 is 5.82 Å². The molecule has 0 bridgehead atoms. The molecular formula is C24H26FN3O3. The van der Waals surface area contributed by atoms with Crippen LogP contribution in [0, 0.1) is 11.7 Å². The van der Waals surface area contributed by atoms with Gasteiger partial charge in [0, 0.05) is 42.4 Å². The van der Waals surface area contributed by atoms with Crippen molar-refractivity contribution < 1.29 is 18.8 Å². The van der Waals surface area contributed by atoms with Crippen LogP contribution in [0.4, 0.5) is 15.8 Å². The predicted octanol–water partition coefficient (Wildman–Crippen LogP) is 3.66. The van der Waals surface area contributed by atoms with Crippen LogP contribution in [-0.4, -0.2) is 30.8 Å². The van der Waals surface area contributed by atoms with Crippen molar-refractivity contribution in [2.24, 2.45) is 5.92 Å². The van der Waals surface area contributed by atoms with Crippen molar-refractivity contribution >= 4 is 29.1 Å². The first-order valence-electron chi connectivity index (χ1n) is 10.8. The van der Waals surface area contributed by atoms with Crippen molar-refractivity contribution in [2.45, 2.75) is 38.5 Å². The number of rotatable bonds is 7. The average Bonchev–Trinajstić information content (AvgIpc) is 3.62. The topological polar surface area (TPSA) is 78.5 Å². The van der Waals surface area contributed by atoms with E-state index in [1.165, 1.54) is 24.3 Å². The van der Waals surface area contributed by atoms with Crippen LogP contribution in [0.3, 0.4) is 0 Å². The third-order valence-corrected chi connectivity index (χ3v) is 5.72. The zero-order valence-corrected chi connectivity index (χ0v) is 17.3. The molecule has 0 radical (unpaired) electrons. The summed E-state index contributed by atoms with van der Waals surface area (Å²) in [6.45, 7) is 1.14. The Morgan fingerprint density at radius 2 is 1.84 bits per heavy atom. The number of nitrogens with one attached hydrogen (secondary N) is 2. The van der Waals surface area contributed by atoms with Gasteiger partial charge in [-0.25, -0.2) is 4.39 Å². The summed E-state index contributed by atoms with van der Waals surface area (Å²) in [7, 11) is 0. The number of anilines is 2. The highest BCUT2D eigenvalue weighted by molar-refractivity contribution is 6.05. The van der Waals surface area contributed by atoms with Crippen LogP contribution < -0.4 is 15.5 Å². The third-order valence-electron chi connectivity index (χ3n) is 5.72. The number of nitrogens with zero attached hydrogens (tertiary/aromatic N) is 1. The molecule has 1 saturated carbocycles. The molecule has 2 aliphatic rings. The minimum atomic E-state index is -0.394. The predicted molar refractivity (Wildman–Crippen MR) is 116 cm³/mol. The molecule has 1 aliphatic heterocycles. The molecule has 0 atom stereocenters. The smallest absolute Gasteiger partial charge is 0.255 e. The van der Waals surface area contributed by atoms with E-state index >= 15 is 0 Å². The zero-order chi connectivity index (χ0) is 21.8. The number of hydrogen-bond acceptors (Lipinski definition) is 3. The largest absolute Gasteiger partial charge is 0.356 e. The van der Waals surface area contributed by atoms with Crippen molar-refractivity contribution in [3.8, 4) is 0 Å². The van der Waals surface area contributed by atoms with Crippen LogP contribution in [0.5, 0.6) is 0 Å². The van der Waals surface area contributed by atoms with Crippen LogP contribution in [-0.2, 0) is 16.0 Å². The molecule has 1 heterocycles. The van der Waals surface area contributed by atoms with E-state index in [4.69, 9.17) is 0 Å². The van der Waals surface area contributed by atoms with Crippen LogP contribution in [0.15, 0.2) is 42.5 Å². The van der Waals surface area contributed by atoms with Crippen molar-refractivity contribution in [1.82, 2.24) is 5.32 Å². The summed E-state index contributed by atoms with van der Waals surface area (Å²) in [4.78, 5) is 38.9. The van der Waals surface area contributed by atoms with E-state index in [1.54, 1.807) is 4.90 Å². The summed E-state index contributed by atoms with van der Waals surface area (Å²) in [5, 5.41) is 5.79. The van der Waals surface area contributed by atoms with Crippen molar-refractivity contribution in [1.29, 1.82) is 0 Å². The fourth-order valence-corrected chi connectivity index (χ4v) is 3.87. The molecule has 0 spiro atoms. The molecule has 2 aromatic carbocycles. The van der Waals surface area contributed by atoms with Crippen LogP contribution in [0.2, 0.25) is 0 Å². The van der Waals surface area contributed by atoms with Gasteiger partial charge in [-0.3, -0.25) is 14.4 Å². The standard InChI is InChI=1S/C24H26FN3O3/c25-18-12-10-17(11-13-18)24(31)27-20-5-1-6-21-19(20)4-3-15-28(21)22(29)7-2-14-26-23(30)16-8-9-16/h1,5-6,10-13,16H,2-4,7-9,14-15H2,(H,26,30)(H,27,31). The fourth-order valence-electron chi connectivity index (χ4n) is 3.87. The maximum absolute atomic E-state index is 13.1. The molecule has 3 amide bonds. The van der Waals surface area contributed by atoms with E-state index in [1.807, 2.05) is 18.2 Å². The number of amides is 3. The van der Waals surface area contributed by atoms with Crippen molar-refractivity contribution in [3.05, 3.63) is 59.4 Å². The van der Waals surface area contributed by atoms with Gasteiger partial charge in [0.2, 0.25) is 11.8 Å². The summed E-state index contributed by atoms with van der Waals surface area (Å²) >= 11 is 0. The molecule has 7 heteroatoms. The number of hydrogen-bond donors (Lipinski definition) is 2. The molecule has 1 fully saturated rings. The van der Waals surface area contributed by atoms with Crippen molar-refractivity contribution in [3.63, 3.8) is 0 Å². The third kappa shape index (κ3) is 5.10. The summed E-state index contributed by atoms with van der Waals surface area (Å²) < 4.78 is 13.1. The molecule has 1 aliphatic carbocycles. The number of benzene rings is 2. The lowest BCUT2D eigenvalue weighted by Gasteiger charge is -2.31. The molecule has 162 valence electrons. The first-order chi connectivity index (χ1) is 15.0. The van der Waals surface area contributed by atoms with E-state index in [9.17, 15) is 18.8 Å². The molecule has 6 nitrogen and oxygen atoms in total. The molecule has 4 rings (SSSR count). The normalized spacial score (nSPS) is 15.2. The SMILES string of the molecule is O=C(Nc1cccc2c1CCCN2C(=O)CCCNC(=O)C1CC1)c1ccc(F)cc1. The zero-order valence-electron chi connectivity index (χ0n) is 17.3. The van der Waals surface area contributed by atoms with Gasteiger partial charge >= 0.3 is 0 Å². The number of carbonyl (C=O) groups excluding carboxylic acids is 3. The maximum Gasteiger partial charge on any atom is 0.255 e. The lowest BCUT2D eigenvalue weighted by molar-refractivity contribution is -0.123. The van der Waals surface area contributed by atoms with Gasteiger partial charge in [-0.2, -0.15) is 0 Å². The highest BCUT2D eigenvalue weighted by atomic mass is 19.1. The summed E-state index contributed by atoms with van der Waals surface area (Å²) in [6, 6.07) is 10.9. The van der Waals surface area contributed by atoms with Gasteiger partial charge in [0.15, 0.2) is 0 Å². The van der Waals surface area contributed by atoms with Crippen LogP contribution in [0.25, 0.3) is 0 Å². The van der Waals surface area contributed by atoms with E-state index in [2.05, 4.69) is 10.6 Å². The first-order valence-corrected chi connectivity index (χ1v) is 10.8. The molecule has 0 aromatic heterocycles. The van der Waals surface area contributed by atoms with Crippen LogP contribution in [0.1, 0.15) is 48.0 Å². The highest BCUT2D eigenvalue weighted by Gasteiger charge is 2.29. The van der Waals surface area contributed by atoms with E-state index in [0.717, 1.165) is 36.9 Å². The van der Waals surface area contributed by atoms with Crippen molar-refractivity contribution in [2.75, 3.05) is 23.3 Å². The maximum atomic E-state index is 13.1. The Kier molecular flexibility index (Phi) is 6.30. The molecule has 2 N–H and O–H groups in total. The van der Waals surface area contributed by atoms with E-state index in [0.29, 0.717) is 37.2 Å². The van der Waals surface area contributed by atoms with Gasteiger partial charge in [-0.1, -0.05) is 6.07 Å². The second kappa shape index (κ2) is 9.29. The quantitative estimate of drug-likeness (QED) is 0.667. The summed E-state index contributed by atoms with van der Waals surface area (Å²) in [6.07, 6.45) is 4.46. The fraction of sp³-hybridized carbons (Fsp3) is 0.375. The van der Waals surface area contributed by atoms with Gasteiger partial charge in [0.05, 0.1) is 0 Å². The second-order valence-corrected chi connectivity index (χ2v) is 8.08. The monoisotopic (exact) mass is 423 g/mol. The minimum absolute atomic E-state index is 0.0173. The Morgan fingerprint density at radius 3 is 2.58 bits per heavy atom. The highest BCUT2D eigenvalue weighted by Crippen LogP contribution is 2.33. The number of halogens is 1. The van der Waals surface area contributed by atoms with Gasteiger partial charge in [-0.05, 0) is 74.1 Å². The lowest BCUT2D eigenvalue weighted by Crippen LogP contribution is -2.36. The number of carbonyl (C=O) groups is 3. The molecular weight excluding hydrogens is 397 g/mol. The summed E-state index contributed by atoms with van der Waals surface area (Å²) in [5.41, 5.74) is 2.78. The summed E-state index contributed by atoms with van der Waals surface area (Å²) in [5.74, 6) is -0.424. The Balaban J connectivity index is 1.40. The van der Waals surface area contributed by atoms with Crippen LogP contribution >= 0.6 is 0 Å². The van der Waals surface area contributed by atoms with Gasteiger partial charge < -0.3 is 15.5 Å². The molecule has 31 heavy (non-hydrogen) atoms. The second-order valence-electron chi connectivity index (χ2n) is 8.08. The Bertz CT molecular complexity index is 986. The average molecular weight is 423 g/mol. The Hall–Kier alpha value is -3.22. The lowest BCUT2D eigenvalue weighted by atomic mass is 9.98. The molecule has 2 aromatic rings. The van der Waals surface area contributed by atoms with E-state index in [-0.39, 0.29) is 23.6 Å². The Morgan fingerprint density at radius 1 is 1.06 bits per heavy atom. The van der Waals surface area contributed by atoms with Gasteiger partial charge in [0.25, 0.3) is 5.91 Å². The molecule has 0 saturated heterocycles. The Labute approximate surface area is 180 Å². The number of fused-ring (bicyclic) bond motifs is 1.